The van der Waals surface area contributed by atoms with E-state index in [4.69, 9.17) is 16.2 Å². The third-order valence-corrected chi connectivity index (χ3v) is 3.99. The van der Waals surface area contributed by atoms with E-state index in [-0.39, 0.29) is 0 Å². The lowest BCUT2D eigenvalue weighted by atomic mass is 10.1. The minimum atomic E-state index is 0.301. The topological polar surface area (TPSA) is 78.3 Å². The molecule has 0 saturated heterocycles. The molecule has 0 heterocycles. The van der Waals surface area contributed by atoms with E-state index < -0.39 is 0 Å². The van der Waals surface area contributed by atoms with E-state index >= 15 is 0 Å². The average Bonchev–Trinajstić information content (AvgIpc) is 2.53. The van der Waals surface area contributed by atoms with Crippen LogP contribution in [0.5, 0.6) is 5.75 Å². The van der Waals surface area contributed by atoms with E-state index in [1.165, 1.54) is 57.4 Å². The highest BCUT2D eigenvalue weighted by molar-refractivity contribution is 5.86. The Labute approximate surface area is 140 Å². The van der Waals surface area contributed by atoms with Gasteiger partial charge in [0.25, 0.3) is 0 Å². The fraction of sp³-hybridized carbons (Fsp3) is 0.632. The predicted octanol–water partition coefficient (Wildman–Crippen LogP) is 4.61. The lowest BCUT2D eigenvalue weighted by Crippen LogP contribution is -2.04. The Morgan fingerprint density at radius 3 is 2.04 bits per heavy atom. The van der Waals surface area contributed by atoms with Crippen LogP contribution in [0.1, 0.15) is 76.7 Å². The second kappa shape index (κ2) is 11.8. The highest BCUT2D eigenvalue weighted by atomic mass is 16.5. The molecule has 1 rings (SSSR count). The van der Waals surface area contributed by atoms with Crippen LogP contribution in [0.3, 0.4) is 0 Å². The van der Waals surface area contributed by atoms with Gasteiger partial charge in [0.15, 0.2) is 5.75 Å². The number of hydrogen-bond donors (Lipinski definition) is 2. The molecule has 0 aromatic heterocycles. The van der Waals surface area contributed by atoms with Crippen molar-refractivity contribution in [1.82, 2.24) is 0 Å². The number of anilines is 2. The Hall–Kier alpha value is -1.71. The van der Waals surface area contributed by atoms with Gasteiger partial charge in [0.05, 0.1) is 17.9 Å². The van der Waals surface area contributed by atoms with Gasteiger partial charge in [-0.05, 0) is 18.6 Å². The third-order valence-electron chi connectivity index (χ3n) is 3.99. The van der Waals surface area contributed by atoms with E-state index in [1.54, 1.807) is 6.07 Å². The molecule has 0 spiro atoms. The zero-order chi connectivity index (χ0) is 16.9. The smallest absolute Gasteiger partial charge is 0.237 e. The van der Waals surface area contributed by atoms with Crippen LogP contribution >= 0.6 is 0 Å². The first-order valence-corrected chi connectivity index (χ1v) is 8.89. The summed E-state index contributed by atoms with van der Waals surface area (Å²) in [7, 11) is 0. The van der Waals surface area contributed by atoms with E-state index in [9.17, 15) is 4.79 Å². The number of ether oxygens (including phenoxy) is 1. The Morgan fingerprint density at radius 1 is 0.913 bits per heavy atom. The van der Waals surface area contributed by atoms with Gasteiger partial charge >= 0.3 is 0 Å². The van der Waals surface area contributed by atoms with Gasteiger partial charge in [-0.1, -0.05) is 64.7 Å². The van der Waals surface area contributed by atoms with E-state index in [0.717, 1.165) is 12.8 Å². The molecule has 1 radical (unpaired) electrons. The van der Waals surface area contributed by atoms with Gasteiger partial charge in [0, 0.05) is 5.69 Å². The number of carbonyl (C=O) groups excluding carboxylic acids is 1. The molecule has 4 heteroatoms. The van der Waals surface area contributed by atoms with Gasteiger partial charge in [-0.2, -0.15) is 0 Å². The Morgan fingerprint density at radius 2 is 1.48 bits per heavy atom. The van der Waals surface area contributed by atoms with Gasteiger partial charge in [0.2, 0.25) is 6.29 Å². The molecule has 0 fully saturated rings. The molecule has 0 saturated carbocycles. The van der Waals surface area contributed by atoms with Gasteiger partial charge in [0.1, 0.15) is 0 Å². The van der Waals surface area contributed by atoms with Crippen molar-refractivity contribution < 1.29 is 9.53 Å². The second-order valence-electron chi connectivity index (χ2n) is 6.12. The molecule has 0 aliphatic carbocycles. The van der Waals surface area contributed by atoms with E-state index in [0.29, 0.717) is 29.3 Å². The molecule has 1 aromatic carbocycles. The lowest BCUT2D eigenvalue weighted by molar-refractivity contribution is 0.305. The number of rotatable bonds is 13. The summed E-state index contributed by atoms with van der Waals surface area (Å²) in [4.78, 5) is 10.9. The summed E-state index contributed by atoms with van der Waals surface area (Å²) in [6.07, 6.45) is 14.6. The van der Waals surface area contributed by atoms with Crippen LogP contribution in [0.25, 0.3) is 0 Å². The number of nitrogen functional groups attached to an aromatic ring is 2. The van der Waals surface area contributed by atoms with Gasteiger partial charge in [-0.3, -0.25) is 4.79 Å². The number of nitrogens with two attached hydrogens (primary N) is 2. The van der Waals surface area contributed by atoms with E-state index in [1.807, 2.05) is 6.29 Å². The summed E-state index contributed by atoms with van der Waals surface area (Å²) >= 11 is 0. The summed E-state index contributed by atoms with van der Waals surface area (Å²) in [5, 5.41) is 0. The largest absolute Gasteiger partial charge is 0.491 e. The van der Waals surface area contributed by atoms with Crippen LogP contribution in [0.4, 0.5) is 11.4 Å². The summed E-state index contributed by atoms with van der Waals surface area (Å²) in [5.74, 6) is 0.408. The molecular weight excluding hydrogens is 288 g/mol. The van der Waals surface area contributed by atoms with Crippen LogP contribution in [0.15, 0.2) is 12.1 Å². The first kappa shape index (κ1) is 19.3. The first-order chi connectivity index (χ1) is 11.2. The van der Waals surface area contributed by atoms with Gasteiger partial charge in [-0.15, -0.1) is 0 Å². The summed E-state index contributed by atoms with van der Waals surface area (Å²) in [6.45, 7) is 2.81. The van der Waals surface area contributed by atoms with Gasteiger partial charge < -0.3 is 16.2 Å². The minimum absolute atomic E-state index is 0.301. The maximum Gasteiger partial charge on any atom is 0.237 e. The maximum absolute atomic E-state index is 10.9. The van der Waals surface area contributed by atoms with Crippen molar-refractivity contribution in [3.63, 3.8) is 0 Å². The molecule has 129 valence electrons. The van der Waals surface area contributed by atoms with Crippen LogP contribution < -0.4 is 16.2 Å². The Kier molecular flexibility index (Phi) is 9.92. The molecule has 0 bridgehead atoms. The second-order valence-corrected chi connectivity index (χ2v) is 6.12. The molecule has 0 aliphatic heterocycles. The number of hydrogen-bond acceptors (Lipinski definition) is 4. The quantitative estimate of drug-likeness (QED) is 0.411. The fourth-order valence-electron chi connectivity index (χ4n) is 2.68. The van der Waals surface area contributed by atoms with Crippen LogP contribution in [-0.4, -0.2) is 12.9 Å². The summed E-state index contributed by atoms with van der Waals surface area (Å²) < 4.78 is 5.64. The Balaban J connectivity index is 2.11. The zero-order valence-electron chi connectivity index (χ0n) is 14.4. The van der Waals surface area contributed by atoms with E-state index in [2.05, 4.69) is 6.92 Å². The SMILES string of the molecule is CCCCCCCCCCCCOc1c(N)cc(N)cc1[C]=O. The highest BCUT2D eigenvalue weighted by Gasteiger charge is 2.09. The molecular formula is C19H31N2O2. The van der Waals surface area contributed by atoms with Crippen molar-refractivity contribution in [2.75, 3.05) is 18.1 Å². The zero-order valence-corrected chi connectivity index (χ0v) is 14.4. The van der Waals surface area contributed by atoms with Crippen molar-refractivity contribution in [2.24, 2.45) is 0 Å². The van der Waals surface area contributed by atoms with Crippen molar-refractivity contribution in [2.45, 2.75) is 71.1 Å². The molecule has 4 nitrogen and oxygen atoms in total. The van der Waals surface area contributed by atoms with Crippen molar-refractivity contribution in [1.29, 1.82) is 0 Å². The molecule has 1 aromatic rings. The average molecular weight is 319 g/mol. The maximum atomic E-state index is 10.9. The van der Waals surface area contributed by atoms with Crippen LogP contribution in [-0.2, 0) is 4.79 Å². The lowest BCUT2D eigenvalue weighted by Gasteiger charge is -2.11. The summed E-state index contributed by atoms with van der Waals surface area (Å²) in [6, 6.07) is 3.14. The molecule has 0 amide bonds. The number of unbranched alkanes of at least 4 members (excludes halogenated alkanes) is 9. The monoisotopic (exact) mass is 319 g/mol. The molecule has 0 aliphatic rings. The van der Waals surface area contributed by atoms with Crippen molar-refractivity contribution >= 4 is 17.7 Å². The first-order valence-electron chi connectivity index (χ1n) is 8.89. The number of benzene rings is 1. The van der Waals surface area contributed by atoms with Crippen molar-refractivity contribution in [3.05, 3.63) is 17.7 Å². The minimum Gasteiger partial charge on any atom is -0.491 e. The molecule has 4 N–H and O–H groups in total. The normalized spacial score (nSPS) is 10.7. The van der Waals surface area contributed by atoms with Crippen LogP contribution in [0, 0.1) is 0 Å². The predicted molar refractivity (Wildman–Crippen MR) is 97.4 cm³/mol. The third kappa shape index (κ3) is 7.91. The molecule has 0 atom stereocenters. The summed E-state index contributed by atoms with van der Waals surface area (Å²) in [5.41, 5.74) is 12.6. The van der Waals surface area contributed by atoms with Gasteiger partial charge in [-0.25, -0.2) is 0 Å². The fourth-order valence-corrected chi connectivity index (χ4v) is 2.68. The van der Waals surface area contributed by atoms with Crippen LogP contribution in [0.2, 0.25) is 0 Å². The Bertz CT molecular complexity index is 461. The van der Waals surface area contributed by atoms with Crippen molar-refractivity contribution in [3.8, 4) is 5.75 Å². The molecule has 23 heavy (non-hydrogen) atoms. The highest BCUT2D eigenvalue weighted by Crippen LogP contribution is 2.28. The standard InChI is InChI=1S/C19H31N2O2/c1-2-3-4-5-6-7-8-9-10-11-12-23-19-16(15-22)13-17(20)14-18(19)21/h13-14H,2-12,20-21H2,1H3. The molecule has 0 unspecified atom stereocenters.